The minimum absolute atomic E-state index is 0.572. The summed E-state index contributed by atoms with van der Waals surface area (Å²) in [5.41, 5.74) is 3.61. The van der Waals surface area contributed by atoms with Crippen LogP contribution in [-0.4, -0.2) is 19.3 Å². The molecule has 3 aromatic rings. The Morgan fingerprint density at radius 3 is 2.50 bits per heavy atom. The average Bonchev–Trinajstić information content (AvgIpc) is 2.85. The number of nitrogens with one attached hydrogen (secondary N) is 1. The van der Waals surface area contributed by atoms with Gasteiger partial charge in [-0.2, -0.15) is 5.10 Å². The van der Waals surface area contributed by atoms with E-state index < -0.39 is 0 Å². The molecule has 7 heteroatoms. The number of aryl methyl sites for hydroxylation is 2. The first-order valence-electron chi connectivity index (χ1n) is 6.16. The fraction of sp³-hybridized carbons (Fsp3) is 0.231. The number of hydrogen-bond acceptors (Lipinski definition) is 2. The lowest BCUT2D eigenvalue weighted by Crippen LogP contribution is -2.03. The Labute approximate surface area is 130 Å². The highest BCUT2D eigenvalue weighted by Gasteiger charge is 2.15. The van der Waals surface area contributed by atoms with Gasteiger partial charge in [-0.05, 0) is 44.3 Å². The molecule has 4 nitrogen and oxygen atoms in total. The summed E-state index contributed by atoms with van der Waals surface area (Å²) in [6, 6.07) is 5.36. The van der Waals surface area contributed by atoms with Crippen molar-refractivity contribution in [1.29, 1.82) is 0 Å². The topological polar surface area (TPSA) is 38.5 Å². The van der Waals surface area contributed by atoms with Gasteiger partial charge >= 0.3 is 0 Å². The van der Waals surface area contributed by atoms with Crippen molar-refractivity contribution in [2.24, 2.45) is 0 Å². The normalized spacial score (nSPS) is 11.4. The van der Waals surface area contributed by atoms with Gasteiger partial charge in [0, 0.05) is 16.6 Å². The van der Waals surface area contributed by atoms with E-state index in [9.17, 15) is 0 Å². The van der Waals surface area contributed by atoms with Gasteiger partial charge in [-0.15, -0.1) is 0 Å². The van der Waals surface area contributed by atoms with Gasteiger partial charge in [0.2, 0.25) is 0 Å². The van der Waals surface area contributed by atoms with E-state index in [1.54, 1.807) is 6.07 Å². The Morgan fingerprint density at radius 2 is 1.90 bits per heavy atom. The van der Waals surface area contributed by atoms with Gasteiger partial charge in [0.25, 0.3) is 0 Å². The maximum Gasteiger partial charge on any atom is 0.184 e. The second kappa shape index (κ2) is 4.91. The van der Waals surface area contributed by atoms with E-state index in [0.717, 1.165) is 29.1 Å². The van der Waals surface area contributed by atoms with Crippen molar-refractivity contribution >= 4 is 46.6 Å². The number of hydrogen-bond donors (Lipinski definition) is 1. The molecule has 0 spiro atoms. The Balaban J connectivity index is 2.41. The summed E-state index contributed by atoms with van der Waals surface area (Å²) in [6.07, 6.45) is 0. The maximum absolute atomic E-state index is 6.09. The molecule has 0 radical (unpaired) electrons. The van der Waals surface area contributed by atoms with Crippen LogP contribution in [0.25, 0.3) is 16.9 Å². The van der Waals surface area contributed by atoms with Gasteiger partial charge in [-0.3, -0.25) is 4.57 Å². The predicted octanol–water partition coefficient (Wildman–Crippen LogP) is 4.52. The zero-order chi connectivity index (χ0) is 14.4. The zero-order valence-electron chi connectivity index (χ0n) is 10.9. The van der Waals surface area contributed by atoms with Crippen molar-refractivity contribution in [1.82, 2.24) is 19.3 Å². The molecule has 0 atom stereocenters. The molecule has 0 saturated carbocycles. The summed E-state index contributed by atoms with van der Waals surface area (Å²) >= 11 is 17.6. The second-order valence-electron chi connectivity index (χ2n) is 4.49. The molecule has 0 fully saturated rings. The van der Waals surface area contributed by atoms with Crippen LogP contribution >= 0.6 is 35.4 Å². The first kappa shape index (κ1) is 13.7. The van der Waals surface area contributed by atoms with Crippen LogP contribution in [0.15, 0.2) is 18.2 Å². The van der Waals surface area contributed by atoms with Crippen molar-refractivity contribution in [3.05, 3.63) is 38.7 Å². The molecule has 1 aromatic carbocycles. The van der Waals surface area contributed by atoms with Gasteiger partial charge in [-0.25, -0.2) is 4.68 Å². The smallest absolute Gasteiger partial charge is 0.184 e. The number of rotatable bonds is 2. The van der Waals surface area contributed by atoms with Gasteiger partial charge in [0.1, 0.15) is 5.52 Å². The van der Waals surface area contributed by atoms with Crippen LogP contribution < -0.4 is 0 Å². The Kier molecular flexibility index (Phi) is 3.36. The highest BCUT2D eigenvalue weighted by Crippen LogP contribution is 2.26. The lowest BCUT2D eigenvalue weighted by molar-refractivity contribution is 0.662. The van der Waals surface area contributed by atoms with Crippen LogP contribution in [0.3, 0.4) is 0 Å². The Morgan fingerprint density at radius 1 is 1.25 bits per heavy atom. The second-order valence-corrected chi connectivity index (χ2v) is 5.75. The van der Waals surface area contributed by atoms with Crippen molar-refractivity contribution in [3.8, 4) is 5.69 Å². The molecule has 2 heterocycles. The number of aromatic nitrogens is 4. The number of halogens is 2. The molecule has 2 aromatic heterocycles. The van der Waals surface area contributed by atoms with E-state index in [1.807, 2.05) is 35.2 Å². The van der Waals surface area contributed by atoms with Gasteiger partial charge in [0.15, 0.2) is 10.4 Å². The Hall–Kier alpha value is -1.30. The monoisotopic (exact) mass is 326 g/mol. The fourth-order valence-corrected chi connectivity index (χ4v) is 3.14. The van der Waals surface area contributed by atoms with Gasteiger partial charge in [0.05, 0.1) is 11.4 Å². The molecule has 0 bridgehead atoms. The van der Waals surface area contributed by atoms with Crippen LogP contribution in [-0.2, 0) is 6.54 Å². The maximum atomic E-state index is 6.09. The molecule has 3 rings (SSSR count). The Bertz CT molecular complexity index is 839. The summed E-state index contributed by atoms with van der Waals surface area (Å²) in [5, 5.41) is 5.64. The summed E-state index contributed by atoms with van der Waals surface area (Å²) < 4.78 is 4.42. The van der Waals surface area contributed by atoms with Crippen LogP contribution in [0.2, 0.25) is 10.0 Å². The van der Waals surface area contributed by atoms with E-state index in [4.69, 9.17) is 35.4 Å². The highest BCUT2D eigenvalue weighted by atomic mass is 35.5. The van der Waals surface area contributed by atoms with E-state index >= 15 is 0 Å². The summed E-state index contributed by atoms with van der Waals surface area (Å²) in [7, 11) is 0. The number of imidazole rings is 1. The van der Waals surface area contributed by atoms with E-state index in [1.165, 1.54) is 0 Å². The first-order chi connectivity index (χ1) is 9.51. The standard InChI is InChI=1S/C13H12Cl2N4S/c1-3-18-12-11(7(2)17-18)16-13(20)19(12)10-5-8(14)4-9(15)6-10/h4-6H,3H2,1-2H3,(H,16,20). The lowest BCUT2D eigenvalue weighted by Gasteiger charge is -2.07. The molecule has 0 amide bonds. The molecule has 0 saturated heterocycles. The van der Waals surface area contributed by atoms with Gasteiger partial charge in [-0.1, -0.05) is 23.2 Å². The number of fused-ring (bicyclic) bond motifs is 1. The van der Waals surface area contributed by atoms with E-state index in [2.05, 4.69) is 10.1 Å². The summed E-state index contributed by atoms with van der Waals surface area (Å²) in [4.78, 5) is 3.20. The molecule has 0 aliphatic rings. The molecule has 104 valence electrons. The third kappa shape index (κ3) is 2.06. The number of nitrogens with zero attached hydrogens (tertiary/aromatic N) is 3. The van der Waals surface area contributed by atoms with Crippen LogP contribution in [0.5, 0.6) is 0 Å². The number of H-pyrrole nitrogens is 1. The first-order valence-corrected chi connectivity index (χ1v) is 7.32. The van der Waals surface area contributed by atoms with Crippen molar-refractivity contribution in [2.75, 3.05) is 0 Å². The number of aromatic amines is 1. The van der Waals surface area contributed by atoms with E-state index in [-0.39, 0.29) is 0 Å². The minimum Gasteiger partial charge on any atom is -0.327 e. The van der Waals surface area contributed by atoms with Crippen molar-refractivity contribution in [2.45, 2.75) is 20.4 Å². The molecular weight excluding hydrogens is 315 g/mol. The molecule has 20 heavy (non-hydrogen) atoms. The van der Waals surface area contributed by atoms with E-state index in [0.29, 0.717) is 14.8 Å². The zero-order valence-corrected chi connectivity index (χ0v) is 13.3. The summed E-state index contributed by atoms with van der Waals surface area (Å²) in [5.74, 6) is 0. The minimum atomic E-state index is 0.572. The molecule has 0 aliphatic heterocycles. The largest absolute Gasteiger partial charge is 0.327 e. The number of benzene rings is 1. The quantitative estimate of drug-likeness (QED) is 0.703. The highest BCUT2D eigenvalue weighted by molar-refractivity contribution is 7.71. The third-order valence-electron chi connectivity index (χ3n) is 3.15. The van der Waals surface area contributed by atoms with Crippen LogP contribution in [0.4, 0.5) is 0 Å². The van der Waals surface area contributed by atoms with Crippen molar-refractivity contribution < 1.29 is 0 Å². The van der Waals surface area contributed by atoms with Crippen LogP contribution in [0, 0.1) is 11.7 Å². The third-order valence-corrected chi connectivity index (χ3v) is 3.87. The molecule has 1 N–H and O–H groups in total. The summed E-state index contributed by atoms with van der Waals surface area (Å²) in [6.45, 7) is 4.75. The van der Waals surface area contributed by atoms with Gasteiger partial charge < -0.3 is 4.98 Å². The predicted molar refractivity (Wildman–Crippen MR) is 84.7 cm³/mol. The lowest BCUT2D eigenvalue weighted by atomic mass is 10.3. The fourth-order valence-electron chi connectivity index (χ4n) is 2.33. The van der Waals surface area contributed by atoms with Crippen LogP contribution in [0.1, 0.15) is 12.6 Å². The average molecular weight is 327 g/mol. The van der Waals surface area contributed by atoms with Crippen molar-refractivity contribution in [3.63, 3.8) is 0 Å². The molecular formula is C13H12Cl2N4S. The SMILES string of the molecule is CCn1nc(C)c2[nH]c(=S)n(-c3cc(Cl)cc(Cl)c3)c21. The molecule has 0 aliphatic carbocycles. The molecule has 0 unspecified atom stereocenters.